The highest BCUT2D eigenvalue weighted by Crippen LogP contribution is 2.19. The number of carbonyl (C=O) groups excluding carboxylic acids is 2. The van der Waals surface area contributed by atoms with Gasteiger partial charge in [-0.15, -0.1) is 0 Å². The largest absolute Gasteiger partial charge is 0.363 e. The van der Waals surface area contributed by atoms with E-state index in [1.807, 2.05) is 24.3 Å². The molecule has 1 amide bonds. The van der Waals surface area contributed by atoms with Crippen LogP contribution in [-0.4, -0.2) is 43.7 Å². The lowest BCUT2D eigenvalue weighted by Crippen LogP contribution is -2.47. The minimum atomic E-state index is -0.679. The van der Waals surface area contributed by atoms with Gasteiger partial charge in [-0.25, -0.2) is 0 Å². The van der Waals surface area contributed by atoms with E-state index in [9.17, 15) is 9.59 Å². The summed E-state index contributed by atoms with van der Waals surface area (Å²) in [7, 11) is 1.56. The number of likely N-dealkylation sites (N-methyl/N-ethyl adjacent to an activating group) is 1. The van der Waals surface area contributed by atoms with Gasteiger partial charge in [0.05, 0.1) is 12.1 Å². The molecule has 1 aromatic carbocycles. The second kappa shape index (κ2) is 10.5. The number of ether oxygens (including phenoxy) is 1. The van der Waals surface area contributed by atoms with Crippen molar-refractivity contribution in [3.63, 3.8) is 0 Å². The molecule has 150 valence electrons. The quantitative estimate of drug-likeness (QED) is 0.574. The number of benzene rings is 1. The number of nitrogens with one attached hydrogen (secondary N) is 2. The van der Waals surface area contributed by atoms with Crippen LogP contribution in [0.3, 0.4) is 0 Å². The third-order valence-corrected chi connectivity index (χ3v) is 4.90. The number of amides is 1. The van der Waals surface area contributed by atoms with E-state index in [-0.39, 0.29) is 24.0 Å². The SMILES string of the molecule is CNC(=O)[C@@H](N)Cc1ccccc1C(=O)[C@H](CC(C)C)NC1CCCCO1. The number of rotatable bonds is 9. The van der Waals surface area contributed by atoms with Gasteiger partial charge in [-0.1, -0.05) is 38.1 Å². The first kappa shape index (κ1) is 21.5. The van der Waals surface area contributed by atoms with Crippen molar-refractivity contribution in [2.24, 2.45) is 11.7 Å². The second-order valence-electron chi connectivity index (χ2n) is 7.65. The van der Waals surface area contributed by atoms with Gasteiger partial charge in [0, 0.05) is 19.2 Å². The third kappa shape index (κ3) is 6.41. The van der Waals surface area contributed by atoms with Gasteiger partial charge in [0.25, 0.3) is 0 Å². The summed E-state index contributed by atoms with van der Waals surface area (Å²) < 4.78 is 5.78. The Balaban J connectivity index is 2.19. The standard InChI is InChI=1S/C21H33N3O3/c1-14(2)12-18(24-19-10-6-7-11-27-19)20(25)16-9-5-4-8-15(16)13-17(22)21(26)23-3/h4-5,8-9,14,17-19,24H,6-7,10-13,22H2,1-3H3,(H,23,26)/t17-,18-,19?/m0/s1. The molecule has 0 radical (unpaired) electrons. The first-order chi connectivity index (χ1) is 12.9. The molecule has 1 heterocycles. The molecule has 1 unspecified atom stereocenters. The molecule has 1 fully saturated rings. The van der Waals surface area contributed by atoms with Crippen LogP contribution in [0.5, 0.6) is 0 Å². The third-order valence-electron chi connectivity index (χ3n) is 4.90. The highest BCUT2D eigenvalue weighted by molar-refractivity contribution is 6.01. The van der Waals surface area contributed by atoms with E-state index in [2.05, 4.69) is 24.5 Å². The Bertz CT molecular complexity index is 627. The van der Waals surface area contributed by atoms with E-state index in [0.29, 0.717) is 17.9 Å². The summed E-state index contributed by atoms with van der Waals surface area (Å²) in [6.45, 7) is 4.95. The molecule has 2 rings (SSSR count). The lowest BCUT2D eigenvalue weighted by Gasteiger charge is -2.29. The van der Waals surface area contributed by atoms with Crippen LogP contribution in [0.25, 0.3) is 0 Å². The predicted molar refractivity (Wildman–Crippen MR) is 106 cm³/mol. The van der Waals surface area contributed by atoms with Crippen LogP contribution in [0.1, 0.15) is 55.5 Å². The minimum Gasteiger partial charge on any atom is -0.363 e. The number of ketones is 1. The van der Waals surface area contributed by atoms with Crippen LogP contribution in [0.4, 0.5) is 0 Å². The zero-order valence-corrected chi connectivity index (χ0v) is 16.7. The molecule has 6 heteroatoms. The van der Waals surface area contributed by atoms with E-state index >= 15 is 0 Å². The van der Waals surface area contributed by atoms with Crippen molar-refractivity contribution in [3.8, 4) is 0 Å². The van der Waals surface area contributed by atoms with Crippen LogP contribution >= 0.6 is 0 Å². The molecule has 0 saturated carbocycles. The van der Waals surface area contributed by atoms with Crippen molar-refractivity contribution < 1.29 is 14.3 Å². The van der Waals surface area contributed by atoms with Crippen LogP contribution < -0.4 is 16.4 Å². The Hall–Kier alpha value is -1.76. The van der Waals surface area contributed by atoms with E-state index in [1.54, 1.807) is 7.05 Å². The zero-order valence-electron chi connectivity index (χ0n) is 16.7. The Labute approximate surface area is 162 Å². The Morgan fingerprint density at radius 2 is 2.00 bits per heavy atom. The molecule has 0 bridgehead atoms. The summed E-state index contributed by atoms with van der Waals surface area (Å²) >= 11 is 0. The average molecular weight is 376 g/mol. The fourth-order valence-electron chi connectivity index (χ4n) is 3.46. The summed E-state index contributed by atoms with van der Waals surface area (Å²) in [5.41, 5.74) is 7.41. The molecule has 6 nitrogen and oxygen atoms in total. The predicted octanol–water partition coefficient (Wildman–Crippen LogP) is 2.02. The number of hydrogen-bond donors (Lipinski definition) is 3. The van der Waals surface area contributed by atoms with Crippen molar-refractivity contribution in [2.45, 2.75) is 64.3 Å². The highest BCUT2D eigenvalue weighted by atomic mass is 16.5. The van der Waals surface area contributed by atoms with Crippen LogP contribution in [0, 0.1) is 5.92 Å². The topological polar surface area (TPSA) is 93.5 Å². The van der Waals surface area contributed by atoms with E-state index in [1.165, 1.54) is 0 Å². The normalized spacial score (nSPS) is 19.5. The zero-order chi connectivity index (χ0) is 19.8. The Morgan fingerprint density at radius 3 is 2.63 bits per heavy atom. The van der Waals surface area contributed by atoms with Gasteiger partial charge in [-0.2, -0.15) is 0 Å². The number of nitrogens with two attached hydrogens (primary N) is 1. The van der Waals surface area contributed by atoms with Crippen molar-refractivity contribution in [1.29, 1.82) is 0 Å². The van der Waals surface area contributed by atoms with Crippen molar-refractivity contribution in [3.05, 3.63) is 35.4 Å². The van der Waals surface area contributed by atoms with Gasteiger partial charge in [0.2, 0.25) is 5.91 Å². The Kier molecular flexibility index (Phi) is 8.41. The van der Waals surface area contributed by atoms with Gasteiger partial charge in [0.1, 0.15) is 6.23 Å². The Morgan fingerprint density at radius 1 is 1.26 bits per heavy atom. The van der Waals surface area contributed by atoms with Gasteiger partial charge < -0.3 is 15.8 Å². The molecule has 1 saturated heterocycles. The van der Waals surface area contributed by atoms with Crippen molar-refractivity contribution in [2.75, 3.05) is 13.7 Å². The van der Waals surface area contributed by atoms with Crippen LogP contribution in [0.15, 0.2) is 24.3 Å². The highest BCUT2D eigenvalue weighted by Gasteiger charge is 2.27. The second-order valence-corrected chi connectivity index (χ2v) is 7.65. The molecule has 0 spiro atoms. The van der Waals surface area contributed by atoms with E-state index in [0.717, 1.165) is 37.9 Å². The fourth-order valence-corrected chi connectivity index (χ4v) is 3.46. The number of hydrogen-bond acceptors (Lipinski definition) is 5. The van der Waals surface area contributed by atoms with Crippen LogP contribution in [-0.2, 0) is 16.0 Å². The molecule has 27 heavy (non-hydrogen) atoms. The summed E-state index contributed by atoms with van der Waals surface area (Å²) in [5.74, 6) is 0.178. The lowest BCUT2D eigenvalue weighted by atomic mass is 9.90. The molecule has 1 aliphatic rings. The van der Waals surface area contributed by atoms with Crippen LogP contribution in [0.2, 0.25) is 0 Å². The molecular formula is C21H33N3O3. The molecule has 4 N–H and O–H groups in total. The molecule has 1 aliphatic heterocycles. The minimum absolute atomic E-state index is 0.0394. The molecule has 0 aliphatic carbocycles. The molecule has 3 atom stereocenters. The summed E-state index contributed by atoms with van der Waals surface area (Å²) in [6, 6.07) is 6.43. The molecule has 1 aromatic rings. The van der Waals surface area contributed by atoms with Gasteiger partial charge in [0.15, 0.2) is 5.78 Å². The number of Topliss-reactive ketones (excluding diaryl/α,β-unsaturated/α-hetero) is 1. The van der Waals surface area contributed by atoms with Gasteiger partial charge in [-0.05, 0) is 43.6 Å². The summed E-state index contributed by atoms with van der Waals surface area (Å²) in [5, 5.41) is 5.98. The maximum Gasteiger partial charge on any atom is 0.237 e. The lowest BCUT2D eigenvalue weighted by molar-refractivity contribution is -0.121. The van der Waals surface area contributed by atoms with E-state index in [4.69, 9.17) is 10.5 Å². The summed E-state index contributed by atoms with van der Waals surface area (Å²) in [4.78, 5) is 25.1. The number of carbonyl (C=O) groups is 2. The van der Waals surface area contributed by atoms with Gasteiger partial charge in [-0.3, -0.25) is 14.9 Å². The molecular weight excluding hydrogens is 342 g/mol. The van der Waals surface area contributed by atoms with Crippen molar-refractivity contribution >= 4 is 11.7 Å². The van der Waals surface area contributed by atoms with E-state index < -0.39 is 6.04 Å². The summed E-state index contributed by atoms with van der Waals surface area (Å²) in [6.07, 6.45) is 4.08. The first-order valence-electron chi connectivity index (χ1n) is 9.89. The smallest absolute Gasteiger partial charge is 0.237 e. The average Bonchev–Trinajstić information content (AvgIpc) is 2.67. The maximum absolute atomic E-state index is 13.3. The maximum atomic E-state index is 13.3. The van der Waals surface area contributed by atoms with Crippen molar-refractivity contribution in [1.82, 2.24) is 10.6 Å². The van der Waals surface area contributed by atoms with Gasteiger partial charge >= 0.3 is 0 Å². The first-order valence-corrected chi connectivity index (χ1v) is 9.89. The molecule has 0 aromatic heterocycles. The fraction of sp³-hybridized carbons (Fsp3) is 0.619. The monoisotopic (exact) mass is 375 g/mol.